The first kappa shape index (κ1) is 22.1. The van der Waals surface area contributed by atoms with Crippen LogP contribution < -0.4 is 5.32 Å². The fourth-order valence-corrected chi connectivity index (χ4v) is 3.76. The van der Waals surface area contributed by atoms with Crippen LogP contribution in [0.25, 0.3) is 0 Å². The smallest absolute Gasteiger partial charge is 0.217 e. The molecule has 1 aliphatic rings. The summed E-state index contributed by atoms with van der Waals surface area (Å²) >= 11 is 0. The number of ketones is 1. The van der Waals surface area contributed by atoms with Crippen LogP contribution in [-0.2, 0) is 4.79 Å². The molecular weight excluding hydrogens is 372 g/mol. The lowest BCUT2D eigenvalue weighted by Crippen LogP contribution is -2.44. The Morgan fingerprint density at radius 2 is 1.57 bits per heavy atom. The van der Waals surface area contributed by atoms with E-state index in [-0.39, 0.29) is 24.1 Å². The van der Waals surface area contributed by atoms with E-state index in [9.17, 15) is 9.59 Å². The number of piperidine rings is 1. The van der Waals surface area contributed by atoms with E-state index in [1.807, 2.05) is 42.5 Å². The molecule has 0 spiro atoms. The van der Waals surface area contributed by atoms with Gasteiger partial charge < -0.3 is 10.2 Å². The Balaban J connectivity index is 0.00000280. The highest BCUT2D eigenvalue weighted by Gasteiger charge is 2.21. The highest BCUT2D eigenvalue weighted by atomic mass is 35.5. The molecule has 1 heterocycles. The van der Waals surface area contributed by atoms with Crippen LogP contribution in [0.3, 0.4) is 0 Å². The molecule has 1 unspecified atom stereocenters. The Morgan fingerprint density at radius 1 is 1.00 bits per heavy atom. The Labute approximate surface area is 173 Å². The molecule has 0 aromatic heterocycles. The van der Waals surface area contributed by atoms with E-state index in [2.05, 4.69) is 29.3 Å². The first-order chi connectivity index (χ1) is 13.0. The Morgan fingerprint density at radius 3 is 2.14 bits per heavy atom. The van der Waals surface area contributed by atoms with Crippen molar-refractivity contribution in [3.63, 3.8) is 0 Å². The summed E-state index contributed by atoms with van der Waals surface area (Å²) in [6.45, 7) is 6.84. The number of carbonyl (C=O) groups is 2. The minimum Gasteiger partial charge on any atom is -0.354 e. The van der Waals surface area contributed by atoms with Crippen LogP contribution in [0.5, 0.6) is 0 Å². The van der Waals surface area contributed by atoms with Crippen molar-refractivity contribution in [2.75, 3.05) is 19.6 Å². The summed E-state index contributed by atoms with van der Waals surface area (Å²) in [6.07, 6.45) is 2.02. The first-order valence-corrected chi connectivity index (χ1v) is 9.72. The first-order valence-electron chi connectivity index (χ1n) is 9.72. The van der Waals surface area contributed by atoms with Gasteiger partial charge in [-0.25, -0.2) is 0 Å². The van der Waals surface area contributed by atoms with Crippen LogP contribution in [0, 0.1) is 0 Å². The number of likely N-dealkylation sites (tertiary alicyclic amines) is 1. The third-order valence-corrected chi connectivity index (χ3v) is 5.30. The molecule has 5 heteroatoms. The van der Waals surface area contributed by atoms with Gasteiger partial charge in [0.15, 0.2) is 5.78 Å². The monoisotopic (exact) mass is 400 g/mol. The number of halogens is 1. The van der Waals surface area contributed by atoms with E-state index in [4.69, 9.17) is 0 Å². The molecule has 2 aromatic rings. The number of carbonyl (C=O) groups excluding carboxylic acids is 2. The zero-order chi connectivity index (χ0) is 19.2. The van der Waals surface area contributed by atoms with Gasteiger partial charge >= 0.3 is 0 Å². The number of hydrogen-bond acceptors (Lipinski definition) is 3. The summed E-state index contributed by atoms with van der Waals surface area (Å²) in [4.78, 5) is 26.2. The maximum atomic E-state index is 12.5. The van der Waals surface area contributed by atoms with Crippen molar-refractivity contribution < 1.29 is 9.59 Å². The Kier molecular flexibility index (Phi) is 8.21. The molecule has 1 amide bonds. The van der Waals surface area contributed by atoms with E-state index < -0.39 is 0 Å². The molecule has 4 nitrogen and oxygen atoms in total. The van der Waals surface area contributed by atoms with Gasteiger partial charge in [0.25, 0.3) is 0 Å². The molecule has 0 radical (unpaired) electrons. The summed E-state index contributed by atoms with van der Waals surface area (Å²) in [6, 6.07) is 17.7. The summed E-state index contributed by atoms with van der Waals surface area (Å²) in [5.74, 6) is 0.532. The molecule has 0 aliphatic carbocycles. The molecular formula is C23H29ClN2O2. The zero-order valence-electron chi connectivity index (χ0n) is 16.6. The Hall–Kier alpha value is -2.17. The molecule has 1 saturated heterocycles. The van der Waals surface area contributed by atoms with Gasteiger partial charge in [-0.05, 0) is 24.3 Å². The average molecular weight is 401 g/mol. The van der Waals surface area contributed by atoms with Gasteiger partial charge in [-0.3, -0.25) is 9.59 Å². The molecule has 0 saturated carbocycles. The second kappa shape index (κ2) is 10.4. The minimum absolute atomic E-state index is 0. The molecule has 150 valence electrons. The van der Waals surface area contributed by atoms with Gasteiger partial charge in [-0.1, -0.05) is 61.5 Å². The van der Waals surface area contributed by atoms with E-state index >= 15 is 0 Å². The van der Waals surface area contributed by atoms with Crippen molar-refractivity contribution in [1.29, 1.82) is 0 Å². The predicted octanol–water partition coefficient (Wildman–Crippen LogP) is 4.04. The number of benzene rings is 2. The summed E-state index contributed by atoms with van der Waals surface area (Å²) in [7, 11) is 0. The molecule has 28 heavy (non-hydrogen) atoms. The van der Waals surface area contributed by atoms with E-state index in [1.165, 1.54) is 5.56 Å². The fourth-order valence-electron chi connectivity index (χ4n) is 3.76. The van der Waals surface area contributed by atoms with Crippen molar-refractivity contribution in [2.24, 2.45) is 0 Å². The lowest BCUT2D eigenvalue weighted by molar-refractivity contribution is -0.119. The topological polar surface area (TPSA) is 49.4 Å². The van der Waals surface area contributed by atoms with Crippen LogP contribution in [-0.4, -0.2) is 42.3 Å². The second-order valence-corrected chi connectivity index (χ2v) is 7.49. The molecule has 0 bridgehead atoms. The van der Waals surface area contributed by atoms with Gasteiger partial charge in [-0.2, -0.15) is 0 Å². The maximum absolute atomic E-state index is 12.5. The minimum atomic E-state index is 0. The van der Waals surface area contributed by atoms with Crippen LogP contribution in [0.4, 0.5) is 0 Å². The zero-order valence-corrected chi connectivity index (χ0v) is 17.4. The van der Waals surface area contributed by atoms with Gasteiger partial charge in [0.05, 0.1) is 0 Å². The number of nitrogens with zero attached hydrogens (tertiary/aromatic N) is 1. The summed E-state index contributed by atoms with van der Waals surface area (Å²) < 4.78 is 0. The molecule has 1 aliphatic heterocycles. The standard InChI is InChI=1S/C23H28N2O2.ClH/c1-17(16-25-14-12-22(13-15-25)24-18(2)26)19-8-10-21(11-9-19)23(27)20-6-4-3-5-7-20;/h3-11,17,22H,12-16H2,1-2H3,(H,24,26);1H. The Bertz CT molecular complexity index is 769. The predicted molar refractivity (Wildman–Crippen MR) is 115 cm³/mol. The largest absolute Gasteiger partial charge is 0.354 e. The molecule has 3 rings (SSSR count). The van der Waals surface area contributed by atoms with Gasteiger partial charge in [0, 0.05) is 43.7 Å². The fraction of sp³-hybridized carbons (Fsp3) is 0.391. The van der Waals surface area contributed by atoms with Crippen LogP contribution in [0.2, 0.25) is 0 Å². The third-order valence-electron chi connectivity index (χ3n) is 5.30. The lowest BCUT2D eigenvalue weighted by atomic mass is 9.95. The molecule has 1 atom stereocenters. The van der Waals surface area contributed by atoms with Crippen molar-refractivity contribution in [3.05, 3.63) is 71.3 Å². The maximum Gasteiger partial charge on any atom is 0.217 e. The normalized spacial score (nSPS) is 16.1. The van der Waals surface area contributed by atoms with Crippen molar-refractivity contribution >= 4 is 24.1 Å². The summed E-state index contributed by atoms with van der Waals surface area (Å²) in [5.41, 5.74) is 2.71. The third kappa shape index (κ3) is 5.91. The van der Waals surface area contributed by atoms with Crippen molar-refractivity contribution in [1.82, 2.24) is 10.2 Å². The van der Waals surface area contributed by atoms with Crippen LogP contribution in [0.1, 0.15) is 54.1 Å². The quantitative estimate of drug-likeness (QED) is 0.744. The number of hydrogen-bond donors (Lipinski definition) is 1. The average Bonchev–Trinajstić information content (AvgIpc) is 2.69. The number of amides is 1. The SMILES string of the molecule is CC(=O)NC1CCN(CC(C)c2ccc(C(=O)c3ccccc3)cc2)CC1.Cl. The lowest BCUT2D eigenvalue weighted by Gasteiger charge is -2.33. The number of nitrogens with one attached hydrogen (secondary N) is 1. The van der Waals surface area contributed by atoms with Gasteiger partial charge in [0.1, 0.15) is 0 Å². The van der Waals surface area contributed by atoms with Crippen molar-refractivity contribution in [3.8, 4) is 0 Å². The molecule has 1 fully saturated rings. The summed E-state index contributed by atoms with van der Waals surface area (Å²) in [5, 5.41) is 3.02. The van der Waals surface area contributed by atoms with E-state index in [0.717, 1.165) is 43.6 Å². The van der Waals surface area contributed by atoms with E-state index in [0.29, 0.717) is 12.0 Å². The molecule has 1 N–H and O–H groups in total. The van der Waals surface area contributed by atoms with Gasteiger partial charge in [0.2, 0.25) is 5.91 Å². The highest BCUT2D eigenvalue weighted by Crippen LogP contribution is 2.21. The molecule has 2 aromatic carbocycles. The highest BCUT2D eigenvalue weighted by molar-refractivity contribution is 6.08. The van der Waals surface area contributed by atoms with Gasteiger partial charge in [-0.15, -0.1) is 12.4 Å². The van der Waals surface area contributed by atoms with Crippen LogP contribution >= 0.6 is 12.4 Å². The van der Waals surface area contributed by atoms with Crippen LogP contribution in [0.15, 0.2) is 54.6 Å². The second-order valence-electron chi connectivity index (χ2n) is 7.49. The van der Waals surface area contributed by atoms with E-state index in [1.54, 1.807) is 6.92 Å². The number of rotatable bonds is 6. The van der Waals surface area contributed by atoms with Crippen molar-refractivity contribution in [2.45, 2.75) is 38.6 Å².